The van der Waals surface area contributed by atoms with Gasteiger partial charge in [0.15, 0.2) is 0 Å². The Morgan fingerprint density at radius 1 is 0.600 bits per heavy atom. The zero-order valence-corrected chi connectivity index (χ0v) is 15.4. The molecule has 1 aliphatic heterocycles. The predicted octanol–water partition coefficient (Wildman–Crippen LogP) is 1.08. The van der Waals surface area contributed by atoms with Gasteiger partial charge >= 0.3 is 0 Å². The first-order chi connectivity index (χ1) is 12.0. The summed E-state index contributed by atoms with van der Waals surface area (Å²) in [6.45, 7) is 2.92. The first-order valence-corrected chi connectivity index (χ1v) is 10.1. The van der Waals surface area contributed by atoms with E-state index in [-0.39, 0.29) is 35.7 Å². The molecule has 0 unspecified atom stereocenters. The number of carbonyl (C=O) groups excluding carboxylic acids is 2. The fourth-order valence-electron chi connectivity index (χ4n) is 4.61. The molecule has 25 heavy (non-hydrogen) atoms. The first kappa shape index (κ1) is 18.6. The van der Waals surface area contributed by atoms with Crippen molar-refractivity contribution < 1.29 is 9.59 Å². The van der Waals surface area contributed by atoms with Crippen molar-refractivity contribution in [3.05, 3.63) is 0 Å². The van der Waals surface area contributed by atoms with Gasteiger partial charge in [-0.2, -0.15) is 0 Å². The van der Waals surface area contributed by atoms with Crippen molar-refractivity contribution in [2.75, 3.05) is 26.2 Å². The Bertz CT molecular complexity index is 426. The number of rotatable bonds is 2. The fraction of sp³-hybridized carbons (Fsp3) is 0.895. The number of hydrogen-bond acceptors (Lipinski definition) is 4. The van der Waals surface area contributed by atoms with Crippen molar-refractivity contribution in [1.29, 1.82) is 0 Å². The Balaban J connectivity index is 1.50. The maximum Gasteiger partial charge on any atom is 0.225 e. The molecule has 0 atom stereocenters. The molecule has 1 saturated heterocycles. The molecule has 2 amide bonds. The van der Waals surface area contributed by atoms with Gasteiger partial charge in [0.25, 0.3) is 0 Å². The van der Waals surface area contributed by atoms with Crippen LogP contribution in [0.4, 0.5) is 0 Å². The Hall–Kier alpha value is -1.14. The molecule has 0 aromatic carbocycles. The molecule has 3 rings (SSSR count). The van der Waals surface area contributed by atoms with Crippen molar-refractivity contribution in [2.24, 2.45) is 23.3 Å². The van der Waals surface area contributed by atoms with Crippen molar-refractivity contribution >= 4 is 11.8 Å². The zero-order valence-electron chi connectivity index (χ0n) is 15.4. The third-order valence-electron chi connectivity index (χ3n) is 6.36. The second-order valence-corrected chi connectivity index (χ2v) is 8.23. The van der Waals surface area contributed by atoms with Crippen molar-refractivity contribution in [3.8, 4) is 0 Å². The molecular weight excluding hydrogens is 316 g/mol. The number of carbonyl (C=O) groups is 2. The minimum absolute atomic E-state index is 0.141. The van der Waals surface area contributed by atoms with Crippen molar-refractivity contribution in [3.63, 3.8) is 0 Å². The van der Waals surface area contributed by atoms with E-state index in [0.29, 0.717) is 13.1 Å². The van der Waals surface area contributed by atoms with Crippen LogP contribution in [-0.4, -0.2) is 59.9 Å². The number of hydrogen-bond donors (Lipinski definition) is 2. The molecular formula is C19H34N4O2. The summed E-state index contributed by atoms with van der Waals surface area (Å²) in [7, 11) is 0. The van der Waals surface area contributed by atoms with Gasteiger partial charge in [0.05, 0.1) is 0 Å². The normalized spacial score (nSPS) is 34.5. The molecule has 4 N–H and O–H groups in total. The van der Waals surface area contributed by atoms with Crippen LogP contribution in [0.2, 0.25) is 0 Å². The molecule has 3 aliphatic rings. The van der Waals surface area contributed by atoms with Crippen LogP contribution in [0.5, 0.6) is 0 Å². The molecule has 6 nitrogen and oxygen atoms in total. The average molecular weight is 351 g/mol. The van der Waals surface area contributed by atoms with Crippen LogP contribution in [0.15, 0.2) is 0 Å². The molecule has 1 heterocycles. The summed E-state index contributed by atoms with van der Waals surface area (Å²) in [5.74, 6) is 0.846. The molecule has 2 aliphatic carbocycles. The highest BCUT2D eigenvalue weighted by Gasteiger charge is 2.32. The second kappa shape index (κ2) is 8.49. The Kier molecular flexibility index (Phi) is 6.34. The largest absolute Gasteiger partial charge is 0.341 e. The van der Waals surface area contributed by atoms with Gasteiger partial charge < -0.3 is 21.3 Å². The molecule has 0 bridgehead atoms. The lowest BCUT2D eigenvalue weighted by Gasteiger charge is -2.31. The summed E-state index contributed by atoms with van der Waals surface area (Å²) in [5, 5.41) is 0. The summed E-state index contributed by atoms with van der Waals surface area (Å²) in [5.41, 5.74) is 11.9. The van der Waals surface area contributed by atoms with Crippen LogP contribution >= 0.6 is 0 Å². The molecule has 0 radical (unpaired) electrons. The highest BCUT2D eigenvalue weighted by Crippen LogP contribution is 2.27. The van der Waals surface area contributed by atoms with Gasteiger partial charge in [-0.3, -0.25) is 9.59 Å². The third kappa shape index (κ3) is 4.73. The Labute approximate surface area is 151 Å². The Morgan fingerprint density at radius 2 is 0.960 bits per heavy atom. The minimum Gasteiger partial charge on any atom is -0.341 e. The zero-order chi connectivity index (χ0) is 17.8. The topological polar surface area (TPSA) is 92.7 Å². The van der Waals surface area contributed by atoms with Crippen molar-refractivity contribution in [2.45, 2.75) is 69.9 Å². The van der Waals surface area contributed by atoms with Crippen molar-refractivity contribution in [1.82, 2.24) is 9.80 Å². The van der Waals surface area contributed by atoms with Gasteiger partial charge in [-0.1, -0.05) is 0 Å². The monoisotopic (exact) mass is 350 g/mol. The summed E-state index contributed by atoms with van der Waals surface area (Å²) in [4.78, 5) is 29.6. The summed E-state index contributed by atoms with van der Waals surface area (Å²) < 4.78 is 0. The Morgan fingerprint density at radius 3 is 1.32 bits per heavy atom. The van der Waals surface area contributed by atoms with Gasteiger partial charge in [0.1, 0.15) is 0 Å². The molecule has 2 saturated carbocycles. The molecule has 0 aromatic heterocycles. The second-order valence-electron chi connectivity index (χ2n) is 8.23. The molecule has 3 fully saturated rings. The molecule has 142 valence electrons. The smallest absolute Gasteiger partial charge is 0.225 e. The standard InChI is InChI=1S/C19H34N4O2/c20-16-6-2-14(3-7-16)18(24)22-10-1-11-23(13-12-22)19(25)15-4-8-17(21)9-5-15/h14-17H,1-13,20-21H2. The van der Waals surface area contributed by atoms with E-state index in [1.165, 1.54) is 0 Å². The lowest BCUT2D eigenvalue weighted by atomic mass is 9.85. The fourth-order valence-corrected chi connectivity index (χ4v) is 4.61. The van der Waals surface area contributed by atoms with Crippen LogP contribution in [-0.2, 0) is 9.59 Å². The maximum atomic E-state index is 12.8. The van der Waals surface area contributed by atoms with Gasteiger partial charge in [-0.15, -0.1) is 0 Å². The SMILES string of the molecule is NC1CCC(C(=O)N2CCCN(C(=O)C3CCC(N)CC3)CC2)CC1. The van der Waals surface area contributed by atoms with E-state index in [1.54, 1.807) is 0 Å². The quantitative estimate of drug-likeness (QED) is 0.779. The van der Waals surface area contributed by atoms with E-state index in [4.69, 9.17) is 11.5 Å². The van der Waals surface area contributed by atoms with E-state index >= 15 is 0 Å². The molecule has 6 heteroatoms. The maximum absolute atomic E-state index is 12.8. The number of nitrogens with two attached hydrogens (primary N) is 2. The van der Waals surface area contributed by atoms with Crippen LogP contribution in [0.1, 0.15) is 57.8 Å². The predicted molar refractivity (Wildman–Crippen MR) is 97.6 cm³/mol. The lowest BCUT2D eigenvalue weighted by Crippen LogP contribution is -2.43. The van der Waals surface area contributed by atoms with Crippen LogP contribution in [0.25, 0.3) is 0 Å². The summed E-state index contributed by atoms with van der Waals surface area (Å²) >= 11 is 0. The third-order valence-corrected chi connectivity index (χ3v) is 6.36. The van der Waals surface area contributed by atoms with E-state index < -0.39 is 0 Å². The van der Waals surface area contributed by atoms with E-state index in [9.17, 15) is 9.59 Å². The van der Waals surface area contributed by atoms with Crippen LogP contribution in [0.3, 0.4) is 0 Å². The van der Waals surface area contributed by atoms with Gasteiger partial charge in [0.2, 0.25) is 11.8 Å². The number of nitrogens with zero attached hydrogens (tertiary/aromatic N) is 2. The van der Waals surface area contributed by atoms with Gasteiger partial charge in [0, 0.05) is 50.1 Å². The molecule has 0 aromatic rings. The number of amides is 2. The summed E-state index contributed by atoms with van der Waals surface area (Å²) in [6, 6.07) is 0.537. The average Bonchev–Trinajstić information content (AvgIpc) is 2.88. The molecule has 0 spiro atoms. The highest BCUT2D eigenvalue weighted by molar-refractivity contribution is 5.80. The summed E-state index contributed by atoms with van der Waals surface area (Å²) in [6.07, 6.45) is 8.39. The van der Waals surface area contributed by atoms with E-state index in [0.717, 1.165) is 70.9 Å². The van der Waals surface area contributed by atoms with Gasteiger partial charge in [-0.25, -0.2) is 0 Å². The van der Waals surface area contributed by atoms with E-state index in [2.05, 4.69) is 0 Å². The first-order valence-electron chi connectivity index (χ1n) is 10.1. The van der Waals surface area contributed by atoms with E-state index in [1.807, 2.05) is 9.80 Å². The highest BCUT2D eigenvalue weighted by atomic mass is 16.2. The lowest BCUT2D eigenvalue weighted by molar-refractivity contribution is -0.139. The van der Waals surface area contributed by atoms with Crippen LogP contribution in [0, 0.1) is 11.8 Å². The van der Waals surface area contributed by atoms with Crippen LogP contribution < -0.4 is 11.5 Å². The van der Waals surface area contributed by atoms with Gasteiger partial charge in [-0.05, 0) is 57.8 Å². The minimum atomic E-state index is 0.141.